The minimum Gasteiger partial charge on any atom is -0.304 e. The highest BCUT2D eigenvalue weighted by molar-refractivity contribution is 7.17. The fraction of sp³-hybridized carbons (Fsp3) is 0.333. The van der Waals surface area contributed by atoms with Gasteiger partial charge >= 0.3 is 5.00 Å². The van der Waals surface area contributed by atoms with Gasteiger partial charge in [-0.15, -0.1) is 0 Å². The number of carbonyl (C=O) groups excluding carboxylic acids is 1. The molecule has 0 aromatic carbocycles. The van der Waals surface area contributed by atoms with Gasteiger partial charge in [0.15, 0.2) is 5.82 Å². The van der Waals surface area contributed by atoms with Crippen molar-refractivity contribution in [3.63, 3.8) is 0 Å². The number of hydrogen-bond donors (Lipinski definition) is 2. The second kappa shape index (κ2) is 5.04. The summed E-state index contributed by atoms with van der Waals surface area (Å²) in [5, 5.41) is 20.0. The van der Waals surface area contributed by atoms with Crippen LogP contribution in [0.1, 0.15) is 36.1 Å². The Morgan fingerprint density at radius 2 is 2.15 bits per heavy atom. The highest BCUT2D eigenvalue weighted by atomic mass is 32.1. The molecule has 20 heavy (non-hydrogen) atoms. The van der Waals surface area contributed by atoms with E-state index in [9.17, 15) is 14.9 Å². The van der Waals surface area contributed by atoms with Gasteiger partial charge in [0, 0.05) is 23.2 Å². The molecular weight excluding hydrogens is 280 g/mol. The predicted octanol–water partition coefficient (Wildman–Crippen LogP) is 2.93. The molecule has 0 saturated carbocycles. The van der Waals surface area contributed by atoms with Crippen LogP contribution >= 0.6 is 11.3 Å². The number of H-pyrrole nitrogens is 1. The van der Waals surface area contributed by atoms with E-state index in [2.05, 4.69) is 15.5 Å². The standard InChI is InChI=1S/C12H14N4O3S/c1-12(2,3)8-6-9(15-14-8)13-11(17)7-4-5-10(20-7)16(18)19/h4-6H,1-3H3,(H2,13,14,15,17). The lowest BCUT2D eigenvalue weighted by Gasteiger charge is -2.14. The Hall–Kier alpha value is -2.22. The second-order valence-corrected chi connectivity index (χ2v) is 6.33. The first-order valence-corrected chi connectivity index (χ1v) is 6.70. The molecule has 2 N–H and O–H groups in total. The van der Waals surface area contributed by atoms with E-state index < -0.39 is 10.8 Å². The zero-order valence-electron chi connectivity index (χ0n) is 11.3. The maximum absolute atomic E-state index is 11.9. The number of amides is 1. The Morgan fingerprint density at radius 1 is 1.45 bits per heavy atom. The van der Waals surface area contributed by atoms with E-state index in [1.54, 1.807) is 6.07 Å². The van der Waals surface area contributed by atoms with Crippen LogP contribution in [0.5, 0.6) is 0 Å². The van der Waals surface area contributed by atoms with Gasteiger partial charge in [-0.2, -0.15) is 5.10 Å². The lowest BCUT2D eigenvalue weighted by molar-refractivity contribution is -0.380. The Labute approximate surface area is 119 Å². The molecule has 0 aliphatic heterocycles. The van der Waals surface area contributed by atoms with Crippen molar-refractivity contribution < 1.29 is 9.72 Å². The van der Waals surface area contributed by atoms with E-state index in [0.717, 1.165) is 17.0 Å². The van der Waals surface area contributed by atoms with Gasteiger partial charge in [-0.05, 0) is 6.07 Å². The topological polar surface area (TPSA) is 101 Å². The Bertz CT molecular complexity index is 654. The van der Waals surface area contributed by atoms with Crippen molar-refractivity contribution >= 4 is 28.1 Å². The van der Waals surface area contributed by atoms with Crippen molar-refractivity contribution in [3.05, 3.63) is 38.9 Å². The molecule has 0 atom stereocenters. The molecule has 1 amide bonds. The molecule has 2 aromatic heterocycles. The van der Waals surface area contributed by atoms with E-state index in [0.29, 0.717) is 5.82 Å². The normalized spacial score (nSPS) is 11.3. The Morgan fingerprint density at radius 3 is 2.65 bits per heavy atom. The van der Waals surface area contributed by atoms with Gasteiger partial charge in [-0.25, -0.2) is 0 Å². The molecule has 106 valence electrons. The van der Waals surface area contributed by atoms with Crippen molar-refractivity contribution in [1.29, 1.82) is 0 Å². The number of aromatic amines is 1. The smallest absolute Gasteiger partial charge is 0.304 e. The van der Waals surface area contributed by atoms with E-state index in [4.69, 9.17) is 0 Å². The van der Waals surface area contributed by atoms with Gasteiger partial charge in [0.1, 0.15) is 0 Å². The zero-order valence-corrected chi connectivity index (χ0v) is 12.1. The molecule has 0 unspecified atom stereocenters. The fourth-order valence-corrected chi connectivity index (χ4v) is 2.21. The summed E-state index contributed by atoms with van der Waals surface area (Å²) in [6.07, 6.45) is 0. The monoisotopic (exact) mass is 294 g/mol. The summed E-state index contributed by atoms with van der Waals surface area (Å²) < 4.78 is 0. The molecule has 8 heteroatoms. The molecule has 2 heterocycles. The summed E-state index contributed by atoms with van der Waals surface area (Å²) in [7, 11) is 0. The number of nitro groups is 1. The quantitative estimate of drug-likeness (QED) is 0.671. The van der Waals surface area contributed by atoms with Crippen LogP contribution in [0, 0.1) is 10.1 Å². The minimum absolute atomic E-state index is 0.0624. The fourth-order valence-electron chi connectivity index (χ4n) is 1.50. The lowest BCUT2D eigenvalue weighted by atomic mass is 9.92. The number of aromatic nitrogens is 2. The first-order valence-electron chi connectivity index (χ1n) is 5.89. The number of rotatable bonds is 3. The third kappa shape index (κ3) is 3.02. The van der Waals surface area contributed by atoms with Gasteiger partial charge < -0.3 is 5.32 Å². The highest BCUT2D eigenvalue weighted by Gasteiger charge is 2.19. The molecule has 0 fully saturated rings. The number of nitrogens with one attached hydrogen (secondary N) is 2. The number of hydrogen-bond acceptors (Lipinski definition) is 5. The van der Waals surface area contributed by atoms with Crippen molar-refractivity contribution in [2.24, 2.45) is 0 Å². The summed E-state index contributed by atoms with van der Waals surface area (Å²) in [5.74, 6) is -0.00830. The molecule has 2 rings (SSSR count). The molecular formula is C12H14N4O3S. The van der Waals surface area contributed by atoms with Crippen LogP contribution < -0.4 is 5.32 Å². The molecule has 7 nitrogen and oxygen atoms in total. The maximum atomic E-state index is 11.9. The average molecular weight is 294 g/mol. The van der Waals surface area contributed by atoms with Crippen molar-refractivity contribution in [2.45, 2.75) is 26.2 Å². The third-order valence-electron chi connectivity index (χ3n) is 2.62. The zero-order chi connectivity index (χ0) is 14.9. The van der Waals surface area contributed by atoms with Crippen LogP contribution in [-0.4, -0.2) is 21.0 Å². The number of thiophene rings is 1. The van der Waals surface area contributed by atoms with Crippen LogP contribution in [0.15, 0.2) is 18.2 Å². The molecule has 0 aliphatic rings. The molecule has 2 aromatic rings. The number of anilines is 1. The van der Waals surface area contributed by atoms with Crippen LogP contribution in [0.25, 0.3) is 0 Å². The van der Waals surface area contributed by atoms with Crippen molar-refractivity contribution in [3.8, 4) is 0 Å². The summed E-state index contributed by atoms with van der Waals surface area (Å²) >= 11 is 0.832. The van der Waals surface area contributed by atoms with Crippen LogP contribution in [0.3, 0.4) is 0 Å². The maximum Gasteiger partial charge on any atom is 0.324 e. The van der Waals surface area contributed by atoms with Crippen LogP contribution in [0.2, 0.25) is 0 Å². The SMILES string of the molecule is CC(C)(C)c1cc(NC(=O)c2ccc([N+](=O)[O-])s2)n[nH]1. The van der Waals surface area contributed by atoms with Crippen molar-refractivity contribution in [2.75, 3.05) is 5.32 Å². The van der Waals surface area contributed by atoms with Gasteiger partial charge in [-0.1, -0.05) is 32.1 Å². The van der Waals surface area contributed by atoms with Gasteiger partial charge in [0.25, 0.3) is 5.91 Å². The van der Waals surface area contributed by atoms with Gasteiger partial charge in [-0.3, -0.25) is 20.0 Å². The number of nitrogens with zero attached hydrogens (tertiary/aromatic N) is 2. The second-order valence-electron chi connectivity index (χ2n) is 5.27. The Balaban J connectivity index is 2.11. The Kier molecular flexibility index (Phi) is 3.58. The molecule has 0 saturated heterocycles. The van der Waals surface area contributed by atoms with Crippen LogP contribution in [0.4, 0.5) is 10.8 Å². The predicted molar refractivity (Wildman–Crippen MR) is 76.2 cm³/mol. The molecule has 0 radical (unpaired) electrons. The summed E-state index contributed by atoms with van der Waals surface area (Å²) in [6.45, 7) is 6.07. The molecule has 0 bridgehead atoms. The van der Waals surface area contributed by atoms with E-state index in [1.807, 2.05) is 20.8 Å². The first-order chi connectivity index (χ1) is 9.27. The van der Waals surface area contributed by atoms with Gasteiger partial charge in [0.05, 0.1) is 9.80 Å². The largest absolute Gasteiger partial charge is 0.324 e. The molecule has 0 aliphatic carbocycles. The average Bonchev–Trinajstić information content (AvgIpc) is 2.95. The lowest BCUT2D eigenvalue weighted by Crippen LogP contribution is -2.11. The first kappa shape index (κ1) is 14.2. The third-order valence-corrected chi connectivity index (χ3v) is 3.66. The summed E-state index contributed by atoms with van der Waals surface area (Å²) in [6, 6.07) is 4.49. The summed E-state index contributed by atoms with van der Waals surface area (Å²) in [5.41, 5.74) is 0.794. The molecule has 0 spiro atoms. The van der Waals surface area contributed by atoms with E-state index in [-0.39, 0.29) is 15.3 Å². The highest BCUT2D eigenvalue weighted by Crippen LogP contribution is 2.25. The van der Waals surface area contributed by atoms with Gasteiger partial charge in [0.2, 0.25) is 0 Å². The van der Waals surface area contributed by atoms with E-state index >= 15 is 0 Å². The summed E-state index contributed by atoms with van der Waals surface area (Å²) in [4.78, 5) is 22.3. The minimum atomic E-state index is -0.520. The van der Waals surface area contributed by atoms with Crippen molar-refractivity contribution in [1.82, 2.24) is 10.2 Å². The number of carbonyl (C=O) groups is 1. The van der Waals surface area contributed by atoms with Crippen LogP contribution in [-0.2, 0) is 5.41 Å². The van der Waals surface area contributed by atoms with E-state index in [1.165, 1.54) is 12.1 Å².